The van der Waals surface area contributed by atoms with Crippen LogP contribution in [-0.4, -0.2) is 24.3 Å². The predicted molar refractivity (Wildman–Crippen MR) is 59.7 cm³/mol. The largest absolute Gasteiger partial charge is 0.327 e. The van der Waals surface area contributed by atoms with E-state index in [-0.39, 0.29) is 6.04 Å². The molecule has 1 unspecified atom stereocenters. The van der Waals surface area contributed by atoms with E-state index in [4.69, 9.17) is 0 Å². The predicted octanol–water partition coefficient (Wildman–Crippen LogP) is 1.52. The van der Waals surface area contributed by atoms with Crippen molar-refractivity contribution in [2.45, 2.75) is 18.3 Å². The molecule has 0 amide bonds. The summed E-state index contributed by atoms with van der Waals surface area (Å²) in [6, 6.07) is 0.117. The number of rotatable bonds is 3. The van der Waals surface area contributed by atoms with E-state index in [2.05, 4.69) is 37.9 Å². The van der Waals surface area contributed by atoms with E-state index in [0.29, 0.717) is 0 Å². The van der Waals surface area contributed by atoms with E-state index in [1.54, 1.807) is 17.3 Å². The van der Waals surface area contributed by atoms with Gasteiger partial charge in [0.15, 0.2) is 5.82 Å². The first kappa shape index (κ1) is 10.4. The summed E-state index contributed by atoms with van der Waals surface area (Å²) >= 11 is 3.37. The van der Waals surface area contributed by atoms with Crippen molar-refractivity contribution in [1.29, 1.82) is 0 Å². The van der Waals surface area contributed by atoms with Gasteiger partial charge in [0.25, 0.3) is 0 Å². The lowest BCUT2D eigenvalue weighted by Crippen LogP contribution is -2.07. The zero-order chi connectivity index (χ0) is 10.8. The number of imidazole rings is 1. The fraction of sp³-hybridized carbons (Fsp3) is 0.444. The van der Waals surface area contributed by atoms with Crippen molar-refractivity contribution in [1.82, 2.24) is 24.3 Å². The van der Waals surface area contributed by atoms with E-state index >= 15 is 0 Å². The first-order valence-corrected chi connectivity index (χ1v) is 5.76. The monoisotopic (exact) mass is 269 g/mol. The Morgan fingerprint density at radius 3 is 2.73 bits per heavy atom. The van der Waals surface area contributed by atoms with E-state index < -0.39 is 0 Å². The Morgan fingerprint density at radius 1 is 1.40 bits per heavy atom. The lowest BCUT2D eigenvalue weighted by atomic mass is 10.3. The Morgan fingerprint density at radius 2 is 2.20 bits per heavy atom. The van der Waals surface area contributed by atoms with Crippen molar-refractivity contribution in [2.24, 2.45) is 7.05 Å². The highest BCUT2D eigenvalue weighted by molar-refractivity contribution is 9.08. The van der Waals surface area contributed by atoms with Crippen LogP contribution in [0.4, 0.5) is 0 Å². The highest BCUT2D eigenvalue weighted by Crippen LogP contribution is 2.14. The number of nitrogens with zero attached hydrogens (tertiary/aromatic N) is 5. The van der Waals surface area contributed by atoms with Crippen LogP contribution in [0.15, 0.2) is 18.9 Å². The van der Waals surface area contributed by atoms with Crippen LogP contribution >= 0.6 is 15.9 Å². The molecule has 0 spiro atoms. The van der Waals surface area contributed by atoms with Crippen LogP contribution in [0.1, 0.15) is 24.5 Å². The Kier molecular flexibility index (Phi) is 2.86. The number of aromatic nitrogens is 5. The standard InChI is InChI=1S/C9H12BrN5/c1-7(9-12-5-14(2)13-9)15-4-8(3-10)11-6-15/h4-7H,3H2,1-2H3. The van der Waals surface area contributed by atoms with Gasteiger partial charge < -0.3 is 4.57 Å². The second-order valence-corrected chi connectivity index (χ2v) is 3.96. The normalized spacial score (nSPS) is 13.0. The molecular formula is C9H12BrN5. The van der Waals surface area contributed by atoms with Gasteiger partial charge in [0.2, 0.25) is 0 Å². The molecule has 0 aliphatic heterocycles. The molecule has 1 atom stereocenters. The van der Waals surface area contributed by atoms with Crippen LogP contribution in [0.2, 0.25) is 0 Å². The summed E-state index contributed by atoms with van der Waals surface area (Å²) in [7, 11) is 1.86. The summed E-state index contributed by atoms with van der Waals surface area (Å²) in [5, 5.41) is 5.03. The molecule has 0 fully saturated rings. The Balaban J connectivity index is 2.23. The van der Waals surface area contributed by atoms with Crippen molar-refractivity contribution in [2.75, 3.05) is 0 Å². The molecule has 2 heterocycles. The molecule has 0 aliphatic rings. The van der Waals surface area contributed by atoms with Crippen LogP contribution in [0.5, 0.6) is 0 Å². The maximum Gasteiger partial charge on any atom is 0.173 e. The summed E-state index contributed by atoms with van der Waals surface area (Å²) in [4.78, 5) is 8.46. The quantitative estimate of drug-likeness (QED) is 0.794. The zero-order valence-corrected chi connectivity index (χ0v) is 10.2. The van der Waals surface area contributed by atoms with Crippen LogP contribution in [0, 0.1) is 0 Å². The lowest BCUT2D eigenvalue weighted by Gasteiger charge is -2.07. The van der Waals surface area contributed by atoms with Gasteiger partial charge in [-0.25, -0.2) is 9.97 Å². The van der Waals surface area contributed by atoms with E-state index in [9.17, 15) is 0 Å². The van der Waals surface area contributed by atoms with Gasteiger partial charge in [-0.15, -0.1) is 0 Å². The summed E-state index contributed by atoms with van der Waals surface area (Å²) in [5.41, 5.74) is 1.01. The summed E-state index contributed by atoms with van der Waals surface area (Å²) in [6.07, 6.45) is 5.50. The zero-order valence-electron chi connectivity index (χ0n) is 8.63. The van der Waals surface area contributed by atoms with Gasteiger partial charge in [0.1, 0.15) is 6.33 Å². The lowest BCUT2D eigenvalue weighted by molar-refractivity contribution is 0.589. The fourth-order valence-electron chi connectivity index (χ4n) is 1.34. The van der Waals surface area contributed by atoms with Gasteiger partial charge >= 0.3 is 0 Å². The van der Waals surface area contributed by atoms with Crippen molar-refractivity contribution in [3.8, 4) is 0 Å². The van der Waals surface area contributed by atoms with Gasteiger partial charge in [-0.3, -0.25) is 4.68 Å². The summed E-state index contributed by atoms with van der Waals surface area (Å²) in [5.74, 6) is 0.802. The summed E-state index contributed by atoms with van der Waals surface area (Å²) < 4.78 is 3.71. The molecule has 0 radical (unpaired) electrons. The molecule has 2 aromatic heterocycles. The topological polar surface area (TPSA) is 48.5 Å². The highest BCUT2D eigenvalue weighted by Gasteiger charge is 2.12. The van der Waals surface area contributed by atoms with E-state index in [1.165, 1.54) is 0 Å². The molecule has 0 aromatic carbocycles. The first-order chi connectivity index (χ1) is 7.20. The Hall–Kier alpha value is -1.17. The molecule has 0 saturated heterocycles. The van der Waals surface area contributed by atoms with Gasteiger partial charge in [-0.05, 0) is 6.92 Å². The van der Waals surface area contributed by atoms with Crippen LogP contribution in [0.25, 0.3) is 0 Å². The van der Waals surface area contributed by atoms with Crippen LogP contribution < -0.4 is 0 Å². The Labute approximate surface area is 96.3 Å². The molecule has 0 N–H and O–H groups in total. The molecule has 6 heteroatoms. The van der Waals surface area contributed by atoms with Crippen molar-refractivity contribution in [3.63, 3.8) is 0 Å². The maximum absolute atomic E-state index is 4.27. The SMILES string of the molecule is CC(c1ncn(C)n1)n1cnc(CBr)c1. The fourth-order valence-corrected chi connectivity index (χ4v) is 1.63. The van der Waals surface area contributed by atoms with Crippen LogP contribution in [0.3, 0.4) is 0 Å². The van der Waals surface area contributed by atoms with E-state index in [1.807, 2.05) is 17.8 Å². The summed E-state index contributed by atoms with van der Waals surface area (Å²) in [6.45, 7) is 2.05. The molecule has 0 aliphatic carbocycles. The average molecular weight is 270 g/mol. The van der Waals surface area contributed by atoms with Gasteiger partial charge in [-0.2, -0.15) is 5.10 Å². The second kappa shape index (κ2) is 4.14. The van der Waals surface area contributed by atoms with Gasteiger partial charge in [0, 0.05) is 18.6 Å². The molecular weight excluding hydrogens is 258 g/mol. The first-order valence-electron chi connectivity index (χ1n) is 4.64. The number of alkyl halides is 1. The van der Waals surface area contributed by atoms with Gasteiger partial charge in [-0.1, -0.05) is 15.9 Å². The minimum atomic E-state index is 0.117. The third kappa shape index (κ3) is 2.09. The molecule has 2 aromatic rings. The Bertz CT molecular complexity index is 447. The number of hydrogen-bond donors (Lipinski definition) is 0. The number of hydrogen-bond acceptors (Lipinski definition) is 3. The smallest absolute Gasteiger partial charge is 0.173 e. The average Bonchev–Trinajstić information content (AvgIpc) is 2.84. The highest BCUT2D eigenvalue weighted by atomic mass is 79.9. The third-order valence-electron chi connectivity index (χ3n) is 2.23. The molecule has 5 nitrogen and oxygen atoms in total. The van der Waals surface area contributed by atoms with Crippen LogP contribution in [-0.2, 0) is 12.4 Å². The minimum absolute atomic E-state index is 0.117. The van der Waals surface area contributed by atoms with Crippen molar-refractivity contribution < 1.29 is 0 Å². The van der Waals surface area contributed by atoms with Crippen molar-refractivity contribution in [3.05, 3.63) is 30.4 Å². The maximum atomic E-state index is 4.27. The molecule has 0 bridgehead atoms. The molecule has 0 saturated carbocycles. The number of halogens is 1. The molecule has 2 rings (SSSR count). The molecule has 80 valence electrons. The minimum Gasteiger partial charge on any atom is -0.327 e. The van der Waals surface area contributed by atoms with Crippen molar-refractivity contribution >= 4 is 15.9 Å². The second-order valence-electron chi connectivity index (χ2n) is 3.40. The van der Waals surface area contributed by atoms with Gasteiger partial charge in [0.05, 0.1) is 18.1 Å². The number of aryl methyl sites for hydroxylation is 1. The van der Waals surface area contributed by atoms with E-state index in [0.717, 1.165) is 16.8 Å². The third-order valence-corrected chi connectivity index (χ3v) is 2.80. The molecule has 15 heavy (non-hydrogen) atoms.